The van der Waals surface area contributed by atoms with E-state index in [4.69, 9.17) is 4.74 Å². The number of pyridine rings is 1. The Balaban J connectivity index is 1.91. The topological polar surface area (TPSA) is 83.6 Å². The van der Waals surface area contributed by atoms with Gasteiger partial charge in [-0.15, -0.1) is 0 Å². The molecule has 1 aliphatic rings. The lowest BCUT2D eigenvalue weighted by molar-refractivity contribution is -0.120. The molecule has 7 nitrogen and oxygen atoms in total. The van der Waals surface area contributed by atoms with Crippen molar-refractivity contribution in [3.05, 3.63) is 23.9 Å². The highest BCUT2D eigenvalue weighted by Gasteiger charge is 2.23. The molecule has 0 saturated carbocycles. The quantitative estimate of drug-likeness (QED) is 0.828. The average molecular weight is 320 g/mol. The highest BCUT2D eigenvalue weighted by atomic mass is 16.5. The maximum Gasteiger partial charge on any atom is 0.252 e. The molecular weight excluding hydrogens is 296 g/mol. The Hall–Kier alpha value is -2.15. The van der Waals surface area contributed by atoms with E-state index in [-0.39, 0.29) is 30.4 Å². The first-order valence-electron chi connectivity index (χ1n) is 7.85. The fraction of sp³-hybridized carbons (Fsp3) is 0.562. The van der Waals surface area contributed by atoms with Gasteiger partial charge in [0.15, 0.2) is 0 Å². The van der Waals surface area contributed by atoms with Crippen LogP contribution in [-0.2, 0) is 9.53 Å². The van der Waals surface area contributed by atoms with Crippen LogP contribution in [0.3, 0.4) is 0 Å². The number of hydrogen-bond donors (Lipinski definition) is 2. The number of anilines is 1. The minimum absolute atomic E-state index is 0.102. The normalized spacial score (nSPS) is 20.9. The van der Waals surface area contributed by atoms with E-state index in [0.717, 1.165) is 18.9 Å². The largest absolute Gasteiger partial charge is 0.372 e. The number of morpholine rings is 1. The number of amides is 2. The van der Waals surface area contributed by atoms with Crippen LogP contribution in [-0.4, -0.2) is 55.7 Å². The van der Waals surface area contributed by atoms with Gasteiger partial charge in [-0.1, -0.05) is 0 Å². The summed E-state index contributed by atoms with van der Waals surface area (Å²) in [5.41, 5.74) is 0.486. The Labute approximate surface area is 136 Å². The third kappa shape index (κ3) is 4.92. The molecule has 2 amide bonds. The van der Waals surface area contributed by atoms with Crippen LogP contribution in [0, 0.1) is 0 Å². The molecule has 2 unspecified atom stereocenters. The van der Waals surface area contributed by atoms with Gasteiger partial charge in [-0.25, -0.2) is 4.98 Å². The number of nitrogens with one attached hydrogen (secondary N) is 2. The van der Waals surface area contributed by atoms with Gasteiger partial charge in [0.1, 0.15) is 5.82 Å². The Morgan fingerprint density at radius 1 is 1.30 bits per heavy atom. The zero-order valence-electron chi connectivity index (χ0n) is 13.8. The number of nitrogens with zero attached hydrogens (tertiary/aromatic N) is 2. The summed E-state index contributed by atoms with van der Waals surface area (Å²) >= 11 is 0. The molecule has 1 fully saturated rings. The fourth-order valence-electron chi connectivity index (χ4n) is 2.59. The highest BCUT2D eigenvalue weighted by Crippen LogP contribution is 2.18. The molecule has 0 radical (unpaired) electrons. The summed E-state index contributed by atoms with van der Waals surface area (Å²) in [4.78, 5) is 29.6. The molecule has 1 aliphatic heterocycles. The first kappa shape index (κ1) is 17.2. The standard InChI is InChI=1S/C16H24N4O3/c1-11-9-20(10-12(2)23-11)14-5-4-13(8-19-14)16(22)18-7-6-15(21)17-3/h4-5,8,11-12H,6-7,9-10H2,1-3H3,(H,17,21)(H,18,22). The monoisotopic (exact) mass is 320 g/mol. The van der Waals surface area contributed by atoms with E-state index < -0.39 is 0 Å². The van der Waals surface area contributed by atoms with E-state index in [0.29, 0.717) is 12.1 Å². The molecule has 2 atom stereocenters. The van der Waals surface area contributed by atoms with Gasteiger partial charge in [0.05, 0.1) is 17.8 Å². The minimum Gasteiger partial charge on any atom is -0.372 e. The summed E-state index contributed by atoms with van der Waals surface area (Å²) in [5, 5.41) is 5.21. The van der Waals surface area contributed by atoms with Crippen LogP contribution >= 0.6 is 0 Å². The summed E-state index contributed by atoms with van der Waals surface area (Å²) in [6, 6.07) is 3.60. The zero-order valence-corrected chi connectivity index (χ0v) is 13.8. The zero-order chi connectivity index (χ0) is 16.8. The first-order chi connectivity index (χ1) is 11.0. The molecule has 23 heavy (non-hydrogen) atoms. The van der Waals surface area contributed by atoms with Gasteiger partial charge in [0.25, 0.3) is 5.91 Å². The maximum absolute atomic E-state index is 12.0. The van der Waals surface area contributed by atoms with Crippen LogP contribution < -0.4 is 15.5 Å². The van der Waals surface area contributed by atoms with Crippen LogP contribution in [0.2, 0.25) is 0 Å². The summed E-state index contributed by atoms with van der Waals surface area (Å²) in [6.45, 7) is 5.95. The van der Waals surface area contributed by atoms with Crippen molar-refractivity contribution in [3.63, 3.8) is 0 Å². The number of carbonyl (C=O) groups is 2. The average Bonchev–Trinajstić information content (AvgIpc) is 2.53. The van der Waals surface area contributed by atoms with E-state index in [1.54, 1.807) is 19.3 Å². The van der Waals surface area contributed by atoms with E-state index >= 15 is 0 Å². The van der Waals surface area contributed by atoms with Crippen LogP contribution in [0.5, 0.6) is 0 Å². The van der Waals surface area contributed by atoms with Crippen LogP contribution in [0.25, 0.3) is 0 Å². The molecule has 0 aliphatic carbocycles. The molecular formula is C16H24N4O3. The van der Waals surface area contributed by atoms with Crippen molar-refractivity contribution >= 4 is 17.6 Å². The lowest BCUT2D eigenvalue weighted by Gasteiger charge is -2.36. The molecule has 2 heterocycles. The lowest BCUT2D eigenvalue weighted by Crippen LogP contribution is -2.45. The summed E-state index contributed by atoms with van der Waals surface area (Å²) < 4.78 is 5.71. The molecule has 126 valence electrons. The Morgan fingerprint density at radius 3 is 2.57 bits per heavy atom. The van der Waals surface area contributed by atoms with Crippen molar-refractivity contribution in [2.24, 2.45) is 0 Å². The van der Waals surface area contributed by atoms with E-state index in [2.05, 4.69) is 20.5 Å². The molecule has 0 aromatic carbocycles. The lowest BCUT2D eigenvalue weighted by atomic mass is 10.2. The Kier molecular flexibility index (Phi) is 5.92. The van der Waals surface area contributed by atoms with Gasteiger partial charge in [0.2, 0.25) is 5.91 Å². The maximum atomic E-state index is 12.0. The van der Waals surface area contributed by atoms with Gasteiger partial charge < -0.3 is 20.3 Å². The summed E-state index contributed by atoms with van der Waals surface area (Å²) in [7, 11) is 1.57. The SMILES string of the molecule is CNC(=O)CCNC(=O)c1ccc(N2CC(C)OC(C)C2)nc1. The fourth-order valence-corrected chi connectivity index (χ4v) is 2.59. The van der Waals surface area contributed by atoms with Crippen molar-refractivity contribution < 1.29 is 14.3 Å². The minimum atomic E-state index is -0.225. The first-order valence-corrected chi connectivity index (χ1v) is 7.85. The predicted molar refractivity (Wildman–Crippen MR) is 87.5 cm³/mol. The smallest absolute Gasteiger partial charge is 0.252 e. The number of carbonyl (C=O) groups excluding carboxylic acids is 2. The number of rotatable bonds is 5. The van der Waals surface area contributed by atoms with Crippen LogP contribution in [0.4, 0.5) is 5.82 Å². The molecule has 1 aromatic rings. The van der Waals surface area contributed by atoms with Crippen molar-refractivity contribution in [2.45, 2.75) is 32.5 Å². The Morgan fingerprint density at radius 2 is 2.00 bits per heavy atom. The second-order valence-electron chi connectivity index (χ2n) is 5.75. The second-order valence-corrected chi connectivity index (χ2v) is 5.75. The number of ether oxygens (including phenoxy) is 1. The highest BCUT2D eigenvalue weighted by molar-refractivity contribution is 5.94. The van der Waals surface area contributed by atoms with Gasteiger partial charge in [0, 0.05) is 39.3 Å². The molecule has 7 heteroatoms. The Bertz CT molecular complexity index is 537. The van der Waals surface area contributed by atoms with Crippen molar-refractivity contribution in [2.75, 3.05) is 31.6 Å². The molecule has 2 rings (SSSR count). The third-order valence-corrected chi connectivity index (χ3v) is 3.67. The molecule has 2 N–H and O–H groups in total. The third-order valence-electron chi connectivity index (χ3n) is 3.67. The van der Waals surface area contributed by atoms with Crippen molar-refractivity contribution in [1.29, 1.82) is 0 Å². The van der Waals surface area contributed by atoms with E-state index in [1.807, 2.05) is 19.9 Å². The summed E-state index contributed by atoms with van der Waals surface area (Å²) in [5.74, 6) is 0.514. The predicted octanol–water partition coefficient (Wildman–Crippen LogP) is 0.561. The molecule has 1 aromatic heterocycles. The number of hydrogen-bond acceptors (Lipinski definition) is 5. The summed E-state index contributed by atoms with van der Waals surface area (Å²) in [6.07, 6.45) is 2.15. The van der Waals surface area contributed by atoms with Gasteiger partial charge >= 0.3 is 0 Å². The van der Waals surface area contributed by atoms with Gasteiger partial charge in [-0.2, -0.15) is 0 Å². The molecule has 1 saturated heterocycles. The van der Waals surface area contributed by atoms with Crippen molar-refractivity contribution in [1.82, 2.24) is 15.6 Å². The van der Waals surface area contributed by atoms with Crippen LogP contribution in [0.1, 0.15) is 30.6 Å². The van der Waals surface area contributed by atoms with Crippen molar-refractivity contribution in [3.8, 4) is 0 Å². The van der Waals surface area contributed by atoms with E-state index in [9.17, 15) is 9.59 Å². The second kappa shape index (κ2) is 7.92. The van der Waals surface area contributed by atoms with E-state index in [1.165, 1.54) is 0 Å². The van der Waals surface area contributed by atoms with Gasteiger partial charge in [-0.3, -0.25) is 9.59 Å². The molecule has 0 bridgehead atoms. The number of aromatic nitrogens is 1. The van der Waals surface area contributed by atoms with Crippen LogP contribution in [0.15, 0.2) is 18.3 Å². The molecule has 0 spiro atoms. The van der Waals surface area contributed by atoms with Gasteiger partial charge in [-0.05, 0) is 26.0 Å².